The molecule has 1 aromatic carbocycles. The van der Waals surface area contributed by atoms with Crippen molar-refractivity contribution in [1.82, 2.24) is 10.3 Å². The molecule has 27 heavy (non-hydrogen) atoms. The quantitative estimate of drug-likeness (QED) is 0.500. The third kappa shape index (κ3) is 6.46. The molecule has 0 bridgehead atoms. The third-order valence-corrected chi connectivity index (χ3v) is 6.03. The molecule has 0 aliphatic rings. The number of carbonyl (C=O) groups excluding carboxylic acids is 1. The van der Waals surface area contributed by atoms with E-state index in [0.717, 1.165) is 29.8 Å². The lowest BCUT2D eigenvalue weighted by atomic mass is 10.2. The van der Waals surface area contributed by atoms with Crippen LogP contribution in [0.25, 0.3) is 0 Å². The van der Waals surface area contributed by atoms with Gasteiger partial charge in [0.05, 0.1) is 15.3 Å². The topological polar surface area (TPSA) is 42.0 Å². The number of halogens is 3. The second-order valence-corrected chi connectivity index (χ2v) is 9.14. The molecule has 1 heterocycles. The van der Waals surface area contributed by atoms with Crippen LogP contribution in [-0.2, 0) is 11.0 Å². The highest BCUT2D eigenvalue weighted by Crippen LogP contribution is 2.34. The highest BCUT2D eigenvalue weighted by Gasteiger charge is 2.32. The van der Waals surface area contributed by atoms with Crippen molar-refractivity contribution in [2.24, 2.45) is 0 Å². The molecule has 0 aliphatic carbocycles. The highest BCUT2D eigenvalue weighted by molar-refractivity contribution is 8.01. The number of hydrogen-bond donors (Lipinski definition) is 1. The fourth-order valence-electron chi connectivity index (χ4n) is 2.17. The Bertz CT molecular complexity index is 777. The Labute approximate surface area is 165 Å². The van der Waals surface area contributed by atoms with Crippen molar-refractivity contribution in [3.63, 3.8) is 0 Å². The molecule has 146 valence electrons. The van der Waals surface area contributed by atoms with E-state index in [2.05, 4.69) is 10.3 Å². The molecule has 0 fully saturated rings. The van der Waals surface area contributed by atoms with Crippen LogP contribution in [0.2, 0.25) is 0 Å². The largest absolute Gasteiger partial charge is 0.417 e. The molecule has 0 atom stereocenters. The molecule has 0 aliphatic heterocycles. The van der Waals surface area contributed by atoms with Crippen LogP contribution in [0.5, 0.6) is 0 Å². The molecule has 0 unspecified atom stereocenters. The first-order valence-corrected chi connectivity index (χ1v) is 10.1. The molecule has 8 heteroatoms. The first-order chi connectivity index (χ1) is 12.6. The summed E-state index contributed by atoms with van der Waals surface area (Å²) in [5, 5.41) is 3.25. The third-order valence-electron chi connectivity index (χ3n) is 3.71. The minimum atomic E-state index is -4.42. The number of carbonyl (C=O) groups is 1. The van der Waals surface area contributed by atoms with E-state index in [4.69, 9.17) is 0 Å². The van der Waals surface area contributed by atoms with Gasteiger partial charge in [-0.25, -0.2) is 4.98 Å². The van der Waals surface area contributed by atoms with E-state index in [1.54, 1.807) is 25.6 Å². The van der Waals surface area contributed by atoms with Crippen LogP contribution in [0.3, 0.4) is 0 Å². The van der Waals surface area contributed by atoms with Crippen molar-refractivity contribution >= 4 is 29.4 Å². The molecule has 0 saturated heterocycles. The molecular formula is C19H21F3N2OS2. The van der Waals surface area contributed by atoms with Gasteiger partial charge >= 0.3 is 6.18 Å². The lowest BCUT2D eigenvalue weighted by Crippen LogP contribution is -2.40. The molecule has 0 spiro atoms. The molecule has 0 radical (unpaired) electrons. The second-order valence-electron chi connectivity index (χ2n) is 6.37. The standard InChI is InChI=1S/C19H21F3N2OS2/c1-13-6-4-5-7-15(13)26-11-10-23-17(25)18(2,3)27-16-9-8-14(12-24-16)19(20,21)22/h4-9,12H,10-11H2,1-3H3,(H,23,25). The first kappa shape index (κ1) is 21.6. The Morgan fingerprint density at radius 3 is 2.44 bits per heavy atom. The minimum Gasteiger partial charge on any atom is -0.354 e. The van der Waals surface area contributed by atoms with Gasteiger partial charge in [-0.05, 0) is 44.5 Å². The van der Waals surface area contributed by atoms with Gasteiger partial charge in [-0.1, -0.05) is 30.0 Å². The SMILES string of the molecule is Cc1ccccc1SCCNC(=O)C(C)(C)Sc1ccc(C(F)(F)F)cn1. The van der Waals surface area contributed by atoms with E-state index in [-0.39, 0.29) is 5.91 Å². The summed E-state index contributed by atoms with van der Waals surface area (Å²) >= 11 is 2.80. The molecule has 2 aromatic rings. The fraction of sp³-hybridized carbons (Fsp3) is 0.368. The number of alkyl halides is 3. The summed E-state index contributed by atoms with van der Waals surface area (Å²) in [7, 11) is 0. The van der Waals surface area contributed by atoms with E-state index >= 15 is 0 Å². The summed E-state index contributed by atoms with van der Waals surface area (Å²) in [6.45, 7) is 5.99. The maximum atomic E-state index is 12.6. The van der Waals surface area contributed by atoms with Crippen molar-refractivity contribution in [3.05, 3.63) is 53.7 Å². The lowest BCUT2D eigenvalue weighted by Gasteiger charge is -2.22. The van der Waals surface area contributed by atoms with Crippen LogP contribution in [0.4, 0.5) is 13.2 Å². The van der Waals surface area contributed by atoms with Crippen molar-refractivity contribution in [1.29, 1.82) is 0 Å². The minimum absolute atomic E-state index is 0.181. The van der Waals surface area contributed by atoms with E-state index in [0.29, 0.717) is 11.6 Å². The number of benzene rings is 1. The van der Waals surface area contributed by atoms with E-state index in [1.807, 2.05) is 31.2 Å². The molecule has 0 saturated carbocycles. The van der Waals surface area contributed by atoms with Gasteiger partial charge in [-0.15, -0.1) is 11.8 Å². The fourth-order valence-corrected chi connectivity index (χ4v) is 4.00. The number of nitrogens with zero attached hydrogens (tertiary/aromatic N) is 1. The van der Waals surface area contributed by atoms with E-state index < -0.39 is 16.5 Å². The van der Waals surface area contributed by atoms with E-state index in [1.165, 1.54) is 16.5 Å². The first-order valence-electron chi connectivity index (χ1n) is 8.28. The van der Waals surface area contributed by atoms with Crippen molar-refractivity contribution < 1.29 is 18.0 Å². The predicted octanol–water partition coefficient (Wildman–Crippen LogP) is 5.19. The summed E-state index contributed by atoms with van der Waals surface area (Å²) in [6.07, 6.45) is -3.63. The Balaban J connectivity index is 1.84. The maximum absolute atomic E-state index is 12.6. The van der Waals surface area contributed by atoms with Crippen LogP contribution in [-0.4, -0.2) is 27.9 Å². The van der Waals surface area contributed by atoms with Crippen LogP contribution in [0.15, 0.2) is 52.5 Å². The van der Waals surface area contributed by atoms with Gasteiger partial charge in [0.25, 0.3) is 0 Å². The Morgan fingerprint density at radius 2 is 1.85 bits per heavy atom. The second kappa shape index (κ2) is 9.01. The highest BCUT2D eigenvalue weighted by atomic mass is 32.2. The van der Waals surface area contributed by atoms with Crippen LogP contribution >= 0.6 is 23.5 Å². The average Bonchev–Trinajstić information content (AvgIpc) is 2.59. The Hall–Kier alpha value is -1.67. The molecule has 1 amide bonds. The number of nitrogens with one attached hydrogen (secondary N) is 1. The lowest BCUT2D eigenvalue weighted by molar-refractivity contribution is -0.137. The van der Waals surface area contributed by atoms with Gasteiger partial charge in [-0.3, -0.25) is 4.79 Å². The Kier molecular flexibility index (Phi) is 7.22. The van der Waals surface area contributed by atoms with Gasteiger partial charge in [0.15, 0.2) is 0 Å². The van der Waals surface area contributed by atoms with Crippen LogP contribution in [0.1, 0.15) is 25.0 Å². The zero-order valence-corrected chi connectivity index (χ0v) is 16.9. The van der Waals surface area contributed by atoms with E-state index in [9.17, 15) is 18.0 Å². The van der Waals surface area contributed by atoms with Gasteiger partial charge < -0.3 is 5.32 Å². The molecular weight excluding hydrogens is 393 g/mol. The van der Waals surface area contributed by atoms with Gasteiger partial charge in [0.2, 0.25) is 5.91 Å². The number of aromatic nitrogens is 1. The van der Waals surface area contributed by atoms with Gasteiger partial charge in [0.1, 0.15) is 0 Å². The van der Waals surface area contributed by atoms with Crippen molar-refractivity contribution in [2.45, 2.75) is 41.6 Å². The predicted molar refractivity (Wildman–Crippen MR) is 104 cm³/mol. The molecule has 3 nitrogen and oxygen atoms in total. The molecule has 1 aromatic heterocycles. The summed E-state index contributed by atoms with van der Waals surface area (Å²) in [4.78, 5) is 17.4. The van der Waals surface area contributed by atoms with Crippen molar-refractivity contribution in [3.8, 4) is 0 Å². The van der Waals surface area contributed by atoms with Gasteiger partial charge in [-0.2, -0.15) is 13.2 Å². The molecule has 2 rings (SSSR count). The zero-order valence-electron chi connectivity index (χ0n) is 15.3. The summed E-state index contributed by atoms with van der Waals surface area (Å²) in [5.41, 5.74) is 0.389. The Morgan fingerprint density at radius 1 is 1.15 bits per heavy atom. The normalized spacial score (nSPS) is 12.1. The average molecular weight is 415 g/mol. The number of rotatable bonds is 7. The van der Waals surface area contributed by atoms with Crippen molar-refractivity contribution in [2.75, 3.05) is 12.3 Å². The number of aryl methyl sites for hydroxylation is 1. The summed E-state index contributed by atoms with van der Waals surface area (Å²) in [5.74, 6) is 0.551. The van der Waals surface area contributed by atoms with Gasteiger partial charge in [0, 0.05) is 23.4 Å². The number of pyridine rings is 1. The van der Waals surface area contributed by atoms with Crippen LogP contribution < -0.4 is 5.32 Å². The number of thioether (sulfide) groups is 2. The number of hydrogen-bond acceptors (Lipinski definition) is 4. The summed E-state index contributed by atoms with van der Waals surface area (Å²) in [6, 6.07) is 10.3. The van der Waals surface area contributed by atoms with Crippen LogP contribution in [0, 0.1) is 6.92 Å². The smallest absolute Gasteiger partial charge is 0.354 e. The zero-order chi connectivity index (χ0) is 20.1. The number of amides is 1. The summed E-state index contributed by atoms with van der Waals surface area (Å²) < 4.78 is 36.9. The molecule has 1 N–H and O–H groups in total. The maximum Gasteiger partial charge on any atom is 0.417 e. The monoisotopic (exact) mass is 414 g/mol.